The zero-order valence-electron chi connectivity index (χ0n) is 14.0. The van der Waals surface area contributed by atoms with Crippen molar-refractivity contribution in [1.29, 1.82) is 0 Å². The molecule has 1 saturated heterocycles. The molecule has 142 valence electrons. The highest BCUT2D eigenvalue weighted by Crippen LogP contribution is 2.25. The van der Waals surface area contributed by atoms with Crippen LogP contribution >= 0.6 is 11.3 Å². The van der Waals surface area contributed by atoms with Crippen LogP contribution < -0.4 is 10.2 Å². The number of hydrogen-bond acceptors (Lipinski definition) is 6. The minimum Gasteiger partial charge on any atom is -0.455 e. The number of anilines is 2. The van der Waals surface area contributed by atoms with Gasteiger partial charge in [-0.1, -0.05) is 0 Å². The average molecular weight is 395 g/mol. The molecular weight excluding hydrogens is 380 g/mol. The van der Waals surface area contributed by atoms with Crippen LogP contribution in [0.5, 0.6) is 0 Å². The molecule has 10 heteroatoms. The van der Waals surface area contributed by atoms with Gasteiger partial charge >= 0.3 is 5.97 Å². The predicted molar refractivity (Wildman–Crippen MR) is 93.4 cm³/mol. The maximum Gasteiger partial charge on any atom is 0.312 e. The molecule has 1 aromatic carbocycles. The van der Waals surface area contributed by atoms with Gasteiger partial charge in [0, 0.05) is 24.4 Å². The van der Waals surface area contributed by atoms with Crippen LogP contribution in [-0.4, -0.2) is 35.9 Å². The van der Waals surface area contributed by atoms with Crippen LogP contribution in [0.3, 0.4) is 0 Å². The fourth-order valence-corrected chi connectivity index (χ4v) is 3.34. The number of benzene rings is 1. The van der Waals surface area contributed by atoms with Crippen molar-refractivity contribution in [2.45, 2.75) is 19.3 Å². The topological polar surface area (TPSA) is 88.6 Å². The molecule has 0 saturated carbocycles. The first-order valence-corrected chi connectivity index (χ1v) is 8.95. The van der Waals surface area contributed by atoms with Crippen molar-refractivity contribution in [3.63, 3.8) is 0 Å². The highest BCUT2D eigenvalue weighted by molar-refractivity contribution is 7.14. The molecule has 1 aliphatic rings. The van der Waals surface area contributed by atoms with Gasteiger partial charge in [-0.3, -0.25) is 19.3 Å². The predicted octanol–water partition coefficient (Wildman–Crippen LogP) is 2.27. The maximum atomic E-state index is 13.5. The summed E-state index contributed by atoms with van der Waals surface area (Å²) >= 11 is 1.25. The third kappa shape index (κ3) is 4.85. The lowest BCUT2D eigenvalue weighted by atomic mass is 10.3. The fraction of sp³-hybridized carbons (Fsp3) is 0.294. The number of ether oxygens (including phenoxy) is 1. The van der Waals surface area contributed by atoms with Gasteiger partial charge in [0.15, 0.2) is 11.7 Å². The van der Waals surface area contributed by atoms with Crippen LogP contribution in [0, 0.1) is 11.6 Å². The van der Waals surface area contributed by atoms with Crippen molar-refractivity contribution >= 4 is 39.9 Å². The summed E-state index contributed by atoms with van der Waals surface area (Å²) in [4.78, 5) is 41.0. The second-order valence-corrected chi connectivity index (χ2v) is 6.62. The molecule has 1 N–H and O–H groups in total. The van der Waals surface area contributed by atoms with E-state index in [2.05, 4.69) is 10.3 Å². The van der Waals surface area contributed by atoms with Gasteiger partial charge in [-0.15, -0.1) is 11.3 Å². The first-order chi connectivity index (χ1) is 12.9. The smallest absolute Gasteiger partial charge is 0.312 e. The van der Waals surface area contributed by atoms with Crippen LogP contribution in [-0.2, 0) is 25.5 Å². The number of nitrogens with zero attached hydrogens (tertiary/aromatic N) is 2. The number of carbonyl (C=O) groups excluding carboxylic acids is 3. The standard InChI is InChI=1S/C17H15F2N3O4S/c18-10-3-4-12(19)13(6-10)21-14(23)8-26-16(25)7-11-9-27-17(20-11)22-5-1-2-15(22)24/h3-4,6,9H,1-2,5,7-8H2,(H,21,23). The summed E-state index contributed by atoms with van der Waals surface area (Å²) in [6.07, 6.45) is 1.09. The van der Waals surface area contributed by atoms with Gasteiger partial charge in [-0.25, -0.2) is 13.8 Å². The molecule has 0 atom stereocenters. The van der Waals surface area contributed by atoms with Crippen LogP contribution in [0.15, 0.2) is 23.6 Å². The number of nitrogens with one attached hydrogen (secondary N) is 1. The van der Waals surface area contributed by atoms with Crippen molar-refractivity contribution in [3.05, 3.63) is 40.9 Å². The first kappa shape index (κ1) is 18.9. The summed E-state index contributed by atoms with van der Waals surface area (Å²) in [5, 5.41) is 4.30. The molecule has 7 nitrogen and oxygen atoms in total. The number of hydrogen-bond donors (Lipinski definition) is 1. The number of amides is 2. The molecule has 2 aromatic rings. The monoisotopic (exact) mass is 395 g/mol. The Morgan fingerprint density at radius 1 is 1.33 bits per heavy atom. The number of esters is 1. The fourth-order valence-electron chi connectivity index (χ4n) is 2.48. The van der Waals surface area contributed by atoms with Crippen molar-refractivity contribution in [2.75, 3.05) is 23.4 Å². The Kier molecular flexibility index (Phi) is 5.75. The molecule has 0 unspecified atom stereocenters. The Bertz CT molecular complexity index is 887. The minimum atomic E-state index is -0.803. The lowest BCUT2D eigenvalue weighted by molar-refractivity contribution is -0.146. The third-order valence-electron chi connectivity index (χ3n) is 3.74. The van der Waals surface area contributed by atoms with E-state index in [1.807, 2.05) is 0 Å². The van der Waals surface area contributed by atoms with Gasteiger partial charge in [-0.2, -0.15) is 0 Å². The second-order valence-electron chi connectivity index (χ2n) is 5.78. The van der Waals surface area contributed by atoms with Crippen LogP contribution in [0.25, 0.3) is 0 Å². The first-order valence-electron chi connectivity index (χ1n) is 8.07. The van der Waals surface area contributed by atoms with Crippen molar-refractivity contribution in [2.24, 2.45) is 0 Å². The van der Waals surface area contributed by atoms with E-state index in [0.29, 0.717) is 23.8 Å². The molecule has 0 aliphatic carbocycles. The molecule has 1 aromatic heterocycles. The van der Waals surface area contributed by atoms with Gasteiger partial charge < -0.3 is 10.1 Å². The van der Waals surface area contributed by atoms with E-state index < -0.39 is 30.1 Å². The molecule has 27 heavy (non-hydrogen) atoms. The molecule has 0 spiro atoms. The highest BCUT2D eigenvalue weighted by atomic mass is 32.1. The third-order valence-corrected chi connectivity index (χ3v) is 4.65. The molecule has 2 amide bonds. The molecular formula is C17H15F2N3O4S. The quantitative estimate of drug-likeness (QED) is 0.758. The normalized spacial score (nSPS) is 13.7. The molecule has 1 aliphatic heterocycles. The Morgan fingerprint density at radius 2 is 2.15 bits per heavy atom. The summed E-state index contributed by atoms with van der Waals surface area (Å²) in [5.74, 6) is -3.01. The Labute approximate surface area is 157 Å². The van der Waals surface area contributed by atoms with E-state index in [9.17, 15) is 23.2 Å². The summed E-state index contributed by atoms with van der Waals surface area (Å²) in [7, 11) is 0. The number of rotatable bonds is 6. The van der Waals surface area contributed by atoms with Gasteiger partial charge in [0.25, 0.3) is 5.91 Å². The van der Waals surface area contributed by atoms with Gasteiger partial charge in [-0.05, 0) is 18.6 Å². The number of aromatic nitrogens is 1. The van der Waals surface area contributed by atoms with Crippen LogP contribution in [0.1, 0.15) is 18.5 Å². The molecule has 0 radical (unpaired) electrons. The molecule has 2 heterocycles. The van der Waals surface area contributed by atoms with E-state index in [1.165, 1.54) is 11.3 Å². The maximum absolute atomic E-state index is 13.5. The zero-order chi connectivity index (χ0) is 19.4. The summed E-state index contributed by atoms with van der Waals surface area (Å²) in [6, 6.07) is 2.62. The number of carbonyl (C=O) groups is 3. The van der Waals surface area contributed by atoms with Crippen LogP contribution in [0.2, 0.25) is 0 Å². The largest absolute Gasteiger partial charge is 0.455 e. The van der Waals surface area contributed by atoms with Gasteiger partial charge in [0.05, 0.1) is 17.8 Å². The van der Waals surface area contributed by atoms with Crippen molar-refractivity contribution in [1.82, 2.24) is 4.98 Å². The van der Waals surface area contributed by atoms with Crippen LogP contribution in [0.4, 0.5) is 19.6 Å². The van der Waals surface area contributed by atoms with Gasteiger partial charge in [0.2, 0.25) is 5.91 Å². The molecule has 3 rings (SSSR count). The SMILES string of the molecule is O=C(COC(=O)Cc1csc(N2CCCC2=O)n1)Nc1cc(F)ccc1F. The minimum absolute atomic E-state index is 0.000251. The lowest BCUT2D eigenvalue weighted by Gasteiger charge is -2.10. The Balaban J connectivity index is 1.48. The summed E-state index contributed by atoms with van der Waals surface area (Å²) < 4.78 is 31.3. The zero-order valence-corrected chi connectivity index (χ0v) is 14.9. The summed E-state index contributed by atoms with van der Waals surface area (Å²) in [5.41, 5.74) is 0.0896. The van der Waals surface area contributed by atoms with Crippen molar-refractivity contribution < 1.29 is 27.9 Å². The lowest BCUT2D eigenvalue weighted by Crippen LogP contribution is -2.24. The van der Waals surface area contributed by atoms with E-state index in [0.717, 1.165) is 24.6 Å². The Morgan fingerprint density at radius 3 is 2.89 bits per heavy atom. The summed E-state index contributed by atoms with van der Waals surface area (Å²) in [6.45, 7) is -0.0383. The van der Waals surface area contributed by atoms with E-state index in [4.69, 9.17) is 4.74 Å². The molecule has 1 fully saturated rings. The van der Waals surface area contributed by atoms with Crippen molar-refractivity contribution in [3.8, 4) is 0 Å². The van der Waals surface area contributed by atoms with Gasteiger partial charge in [0.1, 0.15) is 11.6 Å². The number of halogens is 2. The molecule has 0 bridgehead atoms. The second kappa shape index (κ2) is 8.21. The Hall–Kier alpha value is -2.88. The van der Waals surface area contributed by atoms with E-state index in [-0.39, 0.29) is 18.0 Å². The number of thiazole rings is 1. The van der Waals surface area contributed by atoms with E-state index >= 15 is 0 Å². The average Bonchev–Trinajstić information content (AvgIpc) is 3.25. The highest BCUT2D eigenvalue weighted by Gasteiger charge is 2.24. The van der Waals surface area contributed by atoms with E-state index in [1.54, 1.807) is 10.3 Å².